The van der Waals surface area contributed by atoms with Gasteiger partial charge in [0.25, 0.3) is 0 Å². The monoisotopic (exact) mass is 306 g/mol. The van der Waals surface area contributed by atoms with E-state index in [-0.39, 0.29) is 23.6 Å². The summed E-state index contributed by atoms with van der Waals surface area (Å²) >= 11 is 0. The van der Waals surface area contributed by atoms with Crippen molar-refractivity contribution in [3.63, 3.8) is 0 Å². The van der Waals surface area contributed by atoms with Crippen LogP contribution < -0.4 is 11.1 Å². The van der Waals surface area contributed by atoms with Crippen molar-refractivity contribution in [1.29, 1.82) is 0 Å². The topological polar surface area (TPSA) is 64.4 Å². The third-order valence-corrected chi connectivity index (χ3v) is 5.43. The molecule has 0 spiro atoms. The Hall–Kier alpha value is -1.46. The molecule has 1 saturated carbocycles. The number of halogens is 1. The molecule has 22 heavy (non-hydrogen) atoms. The molecule has 1 saturated heterocycles. The van der Waals surface area contributed by atoms with Crippen LogP contribution in [0.25, 0.3) is 0 Å². The number of carbonyl (C=O) groups excluding carboxylic acids is 1. The van der Waals surface area contributed by atoms with Gasteiger partial charge in [-0.2, -0.15) is 0 Å². The molecule has 1 aliphatic heterocycles. The number of anilines is 1. The molecule has 1 heterocycles. The lowest BCUT2D eigenvalue weighted by Crippen LogP contribution is -2.81. The fraction of sp³-hybridized carbons (Fsp3) is 0.588. The van der Waals surface area contributed by atoms with Crippen LogP contribution in [-0.4, -0.2) is 24.2 Å². The summed E-state index contributed by atoms with van der Waals surface area (Å²) in [6, 6.07) is 4.74. The molecule has 3 rings (SSSR count). The summed E-state index contributed by atoms with van der Waals surface area (Å²) in [5, 5.41) is 2.67. The number of ether oxygens (including phenoxy) is 1. The number of hydrogen-bond acceptors (Lipinski definition) is 3. The first-order valence-corrected chi connectivity index (χ1v) is 7.76. The van der Waals surface area contributed by atoms with Crippen molar-refractivity contribution in [3.05, 3.63) is 29.6 Å². The standard InChI is InChI=1S/C17H23FN2O2/c1-10-6-7-13(12(18)9-10)20-15(21)17(19)11-5-4-8-22-14(11)16(17,2)3/h6-7,9,11,14H,4-5,8,19H2,1-3H3,(H,20,21). The molecule has 120 valence electrons. The maximum absolute atomic E-state index is 14.0. The lowest BCUT2D eigenvalue weighted by molar-refractivity contribution is -0.222. The molecule has 0 aromatic heterocycles. The molecular weight excluding hydrogens is 283 g/mol. The number of benzene rings is 1. The number of hydrogen-bond donors (Lipinski definition) is 2. The summed E-state index contributed by atoms with van der Waals surface area (Å²) in [5.41, 5.74) is 5.98. The van der Waals surface area contributed by atoms with Gasteiger partial charge in [-0.15, -0.1) is 0 Å². The molecule has 5 heteroatoms. The normalized spacial score (nSPS) is 32.8. The maximum Gasteiger partial charge on any atom is 0.245 e. The Bertz CT molecular complexity index is 617. The Balaban J connectivity index is 1.84. The van der Waals surface area contributed by atoms with Gasteiger partial charge in [0, 0.05) is 17.9 Å². The van der Waals surface area contributed by atoms with Gasteiger partial charge in [0.05, 0.1) is 11.8 Å². The molecule has 3 unspecified atom stereocenters. The van der Waals surface area contributed by atoms with E-state index in [1.165, 1.54) is 6.07 Å². The number of carbonyl (C=O) groups is 1. The van der Waals surface area contributed by atoms with Crippen LogP contribution in [0.2, 0.25) is 0 Å². The minimum atomic E-state index is -1.03. The molecule has 3 atom stereocenters. The highest BCUT2D eigenvalue weighted by atomic mass is 19.1. The summed E-state index contributed by atoms with van der Waals surface area (Å²) in [6.45, 7) is 6.42. The molecule has 1 amide bonds. The highest BCUT2D eigenvalue weighted by molar-refractivity contribution is 6.00. The van der Waals surface area contributed by atoms with E-state index in [0.717, 1.165) is 25.0 Å². The molecular formula is C17H23FN2O2. The predicted octanol–water partition coefficient (Wildman–Crippen LogP) is 2.61. The first-order valence-electron chi connectivity index (χ1n) is 7.76. The van der Waals surface area contributed by atoms with Crippen LogP contribution in [-0.2, 0) is 9.53 Å². The average Bonchev–Trinajstić information content (AvgIpc) is 2.49. The van der Waals surface area contributed by atoms with Crippen molar-refractivity contribution in [2.75, 3.05) is 11.9 Å². The van der Waals surface area contributed by atoms with Gasteiger partial charge >= 0.3 is 0 Å². The van der Waals surface area contributed by atoms with E-state index in [1.807, 2.05) is 13.8 Å². The number of aryl methyl sites for hydroxylation is 1. The van der Waals surface area contributed by atoms with Crippen LogP contribution in [0.3, 0.4) is 0 Å². The van der Waals surface area contributed by atoms with Gasteiger partial charge in [0.2, 0.25) is 5.91 Å². The van der Waals surface area contributed by atoms with E-state index in [4.69, 9.17) is 10.5 Å². The van der Waals surface area contributed by atoms with Crippen molar-refractivity contribution < 1.29 is 13.9 Å². The quantitative estimate of drug-likeness (QED) is 0.883. The first kappa shape index (κ1) is 15.4. The molecule has 1 aliphatic carbocycles. The van der Waals surface area contributed by atoms with Crippen molar-refractivity contribution in [2.24, 2.45) is 17.1 Å². The summed E-state index contributed by atoms with van der Waals surface area (Å²) in [6.07, 6.45) is 1.77. The highest BCUT2D eigenvalue weighted by Crippen LogP contribution is 2.57. The average molecular weight is 306 g/mol. The molecule has 1 aromatic rings. The largest absolute Gasteiger partial charge is 0.377 e. The zero-order chi connectivity index (χ0) is 16.1. The van der Waals surface area contributed by atoms with Crippen molar-refractivity contribution in [1.82, 2.24) is 0 Å². The first-order chi connectivity index (χ1) is 10.3. The van der Waals surface area contributed by atoms with Crippen LogP contribution in [0.1, 0.15) is 32.3 Å². The molecule has 0 radical (unpaired) electrons. The van der Waals surface area contributed by atoms with Gasteiger partial charge in [-0.25, -0.2) is 4.39 Å². The third-order valence-electron chi connectivity index (χ3n) is 5.43. The lowest BCUT2D eigenvalue weighted by Gasteiger charge is -2.65. The zero-order valence-electron chi connectivity index (χ0n) is 13.3. The van der Waals surface area contributed by atoms with Crippen LogP contribution in [0.4, 0.5) is 10.1 Å². The number of nitrogens with two attached hydrogens (primary N) is 1. The second-order valence-electron chi connectivity index (χ2n) is 7.07. The minimum absolute atomic E-state index is 0.000125. The summed E-state index contributed by atoms with van der Waals surface area (Å²) in [7, 11) is 0. The third kappa shape index (κ3) is 1.99. The van der Waals surface area contributed by atoms with Gasteiger partial charge < -0.3 is 15.8 Å². The lowest BCUT2D eigenvalue weighted by atomic mass is 9.46. The van der Waals surface area contributed by atoms with Crippen LogP contribution in [0.15, 0.2) is 18.2 Å². The van der Waals surface area contributed by atoms with Crippen LogP contribution in [0, 0.1) is 24.1 Å². The van der Waals surface area contributed by atoms with Gasteiger partial charge in [-0.1, -0.05) is 19.9 Å². The maximum atomic E-state index is 14.0. The zero-order valence-corrected chi connectivity index (χ0v) is 13.3. The fourth-order valence-corrected chi connectivity index (χ4v) is 3.98. The molecule has 2 fully saturated rings. The van der Waals surface area contributed by atoms with E-state index in [9.17, 15) is 9.18 Å². The molecule has 0 bridgehead atoms. The molecule has 3 N–H and O–H groups in total. The van der Waals surface area contributed by atoms with Crippen LogP contribution in [0.5, 0.6) is 0 Å². The Morgan fingerprint density at radius 1 is 1.45 bits per heavy atom. The van der Waals surface area contributed by atoms with Gasteiger partial charge in [-0.3, -0.25) is 4.79 Å². The smallest absolute Gasteiger partial charge is 0.245 e. The number of rotatable bonds is 2. The Morgan fingerprint density at radius 2 is 2.18 bits per heavy atom. The van der Waals surface area contributed by atoms with Gasteiger partial charge in [0.1, 0.15) is 11.4 Å². The highest BCUT2D eigenvalue weighted by Gasteiger charge is 2.70. The van der Waals surface area contributed by atoms with Crippen molar-refractivity contribution >= 4 is 11.6 Å². The number of amides is 1. The molecule has 4 nitrogen and oxygen atoms in total. The molecule has 2 aliphatic rings. The van der Waals surface area contributed by atoms with E-state index < -0.39 is 16.8 Å². The summed E-state index contributed by atoms with van der Waals surface area (Å²) in [4.78, 5) is 12.8. The second kappa shape index (κ2) is 5.03. The van der Waals surface area contributed by atoms with E-state index in [2.05, 4.69) is 5.32 Å². The fourth-order valence-electron chi connectivity index (χ4n) is 3.98. The van der Waals surface area contributed by atoms with Gasteiger partial charge in [0.15, 0.2) is 0 Å². The van der Waals surface area contributed by atoms with E-state index >= 15 is 0 Å². The van der Waals surface area contributed by atoms with Gasteiger partial charge in [-0.05, 0) is 37.5 Å². The SMILES string of the molecule is Cc1ccc(NC(=O)C2(N)C3CCCOC3C2(C)C)c(F)c1. The minimum Gasteiger partial charge on any atom is -0.377 e. The number of fused-ring (bicyclic) bond motifs is 1. The van der Waals surface area contributed by atoms with Crippen LogP contribution >= 0.6 is 0 Å². The van der Waals surface area contributed by atoms with E-state index in [1.54, 1.807) is 19.1 Å². The van der Waals surface area contributed by atoms with Crippen molar-refractivity contribution in [3.8, 4) is 0 Å². The number of nitrogens with one attached hydrogen (secondary N) is 1. The van der Waals surface area contributed by atoms with E-state index in [0.29, 0.717) is 0 Å². The summed E-state index contributed by atoms with van der Waals surface area (Å²) < 4.78 is 19.8. The molecule has 1 aromatic carbocycles. The Morgan fingerprint density at radius 3 is 2.86 bits per heavy atom. The Kier molecular flexibility index (Phi) is 3.53. The Labute approximate surface area is 130 Å². The summed E-state index contributed by atoms with van der Waals surface area (Å²) in [5.74, 6) is -0.776. The second-order valence-corrected chi connectivity index (χ2v) is 7.07. The van der Waals surface area contributed by atoms with Crippen molar-refractivity contribution in [2.45, 2.75) is 45.3 Å². The predicted molar refractivity (Wildman–Crippen MR) is 82.9 cm³/mol.